The van der Waals surface area contributed by atoms with E-state index in [2.05, 4.69) is 15.1 Å². The van der Waals surface area contributed by atoms with Gasteiger partial charge in [0.15, 0.2) is 11.0 Å². The van der Waals surface area contributed by atoms with Crippen LogP contribution in [0.15, 0.2) is 24.3 Å². The van der Waals surface area contributed by atoms with Gasteiger partial charge in [0.2, 0.25) is 0 Å². The Balaban J connectivity index is 2.13. The quantitative estimate of drug-likeness (QED) is 0.803. The second kappa shape index (κ2) is 5.29. The first kappa shape index (κ1) is 13.2. The highest BCUT2D eigenvalue weighted by atomic mass is 35.5. The van der Waals surface area contributed by atoms with Crippen LogP contribution in [0.2, 0.25) is 5.15 Å². The third kappa shape index (κ3) is 2.20. The average Bonchev–Trinajstić information content (AvgIpc) is 2.68. The Kier molecular flexibility index (Phi) is 3.49. The Morgan fingerprint density at radius 3 is 2.80 bits per heavy atom. The fourth-order valence-electron chi connectivity index (χ4n) is 2.37. The van der Waals surface area contributed by atoms with Gasteiger partial charge >= 0.3 is 0 Å². The van der Waals surface area contributed by atoms with Crippen molar-refractivity contribution in [3.05, 3.63) is 40.5 Å². The van der Waals surface area contributed by atoms with Gasteiger partial charge in [0, 0.05) is 6.54 Å². The van der Waals surface area contributed by atoms with E-state index in [9.17, 15) is 0 Å². The first-order valence-electron chi connectivity index (χ1n) is 6.67. The van der Waals surface area contributed by atoms with Crippen molar-refractivity contribution < 1.29 is 4.74 Å². The second-order valence-corrected chi connectivity index (χ2v) is 5.24. The Labute approximate surface area is 123 Å². The molecule has 1 aromatic carbocycles. The van der Waals surface area contributed by atoms with Crippen molar-refractivity contribution in [1.29, 1.82) is 0 Å². The Morgan fingerprint density at radius 1 is 1.15 bits per heavy atom. The number of aromatic nitrogens is 2. The number of rotatable bonds is 1. The summed E-state index contributed by atoms with van der Waals surface area (Å²) in [5, 5.41) is 8.81. The summed E-state index contributed by atoms with van der Waals surface area (Å²) in [5.41, 5.74) is 3.06. The van der Waals surface area contributed by atoms with Crippen molar-refractivity contribution in [3.8, 4) is 5.75 Å². The summed E-state index contributed by atoms with van der Waals surface area (Å²) in [6, 6.07) is 8.02. The standard InChI is InChI=1S/C15H16ClN3O/c1-10-11(2)15(18-17-14(10)16)19-8-5-9-20-13-7-4-3-6-12(13)19/h3-4,6-7H,5,8-9H2,1-2H3. The molecule has 0 saturated heterocycles. The molecule has 0 fully saturated rings. The minimum atomic E-state index is 0.464. The van der Waals surface area contributed by atoms with Crippen LogP contribution in [0, 0.1) is 13.8 Å². The van der Waals surface area contributed by atoms with Crippen LogP contribution in [0.4, 0.5) is 11.5 Å². The predicted octanol–water partition coefficient (Wildman–Crippen LogP) is 3.67. The zero-order chi connectivity index (χ0) is 14.1. The number of benzene rings is 1. The molecule has 4 nitrogen and oxygen atoms in total. The van der Waals surface area contributed by atoms with Gasteiger partial charge in [-0.15, -0.1) is 10.2 Å². The molecular formula is C15H16ClN3O. The molecule has 2 aromatic rings. The van der Waals surface area contributed by atoms with Crippen molar-refractivity contribution in [3.63, 3.8) is 0 Å². The monoisotopic (exact) mass is 289 g/mol. The molecule has 1 aliphatic heterocycles. The molecule has 0 aliphatic carbocycles. The van der Waals surface area contributed by atoms with E-state index in [0.29, 0.717) is 11.8 Å². The third-order valence-electron chi connectivity index (χ3n) is 3.64. The van der Waals surface area contributed by atoms with Gasteiger partial charge in [-0.2, -0.15) is 0 Å². The van der Waals surface area contributed by atoms with Gasteiger partial charge in [-0.25, -0.2) is 0 Å². The highest BCUT2D eigenvalue weighted by Gasteiger charge is 2.21. The molecule has 2 heterocycles. The minimum absolute atomic E-state index is 0.464. The summed E-state index contributed by atoms with van der Waals surface area (Å²) in [4.78, 5) is 2.16. The van der Waals surface area contributed by atoms with E-state index < -0.39 is 0 Å². The SMILES string of the molecule is Cc1c(Cl)nnc(N2CCCOc3ccccc32)c1C. The fraction of sp³-hybridized carbons (Fsp3) is 0.333. The van der Waals surface area contributed by atoms with Gasteiger partial charge in [-0.3, -0.25) is 0 Å². The van der Waals surface area contributed by atoms with E-state index >= 15 is 0 Å². The van der Waals surface area contributed by atoms with Gasteiger partial charge in [-0.05, 0) is 43.5 Å². The number of hydrogen-bond acceptors (Lipinski definition) is 4. The molecule has 104 valence electrons. The molecule has 5 heteroatoms. The molecule has 0 atom stereocenters. The lowest BCUT2D eigenvalue weighted by Crippen LogP contribution is -2.21. The zero-order valence-corrected chi connectivity index (χ0v) is 12.3. The Morgan fingerprint density at radius 2 is 1.95 bits per heavy atom. The summed E-state index contributed by atoms with van der Waals surface area (Å²) in [6.45, 7) is 5.57. The number of halogens is 1. The molecule has 0 N–H and O–H groups in total. The van der Waals surface area contributed by atoms with Crippen LogP contribution in [0.1, 0.15) is 17.5 Å². The van der Waals surface area contributed by atoms with E-state index in [1.807, 2.05) is 38.1 Å². The van der Waals surface area contributed by atoms with Crippen LogP contribution in [0.25, 0.3) is 0 Å². The summed E-state index contributed by atoms with van der Waals surface area (Å²) < 4.78 is 5.78. The maximum atomic E-state index is 6.04. The predicted molar refractivity (Wildman–Crippen MR) is 80.1 cm³/mol. The molecule has 0 bridgehead atoms. The molecule has 0 saturated carbocycles. The van der Waals surface area contributed by atoms with Crippen molar-refractivity contribution in [2.45, 2.75) is 20.3 Å². The molecule has 1 aromatic heterocycles. The molecular weight excluding hydrogens is 274 g/mol. The lowest BCUT2D eigenvalue weighted by Gasteiger charge is -2.24. The first-order chi connectivity index (χ1) is 9.68. The van der Waals surface area contributed by atoms with Crippen molar-refractivity contribution in [2.24, 2.45) is 0 Å². The number of hydrogen-bond donors (Lipinski definition) is 0. The number of fused-ring (bicyclic) bond motifs is 1. The van der Waals surface area contributed by atoms with Gasteiger partial charge < -0.3 is 9.64 Å². The van der Waals surface area contributed by atoms with E-state index in [1.54, 1.807) is 0 Å². The summed E-state index contributed by atoms with van der Waals surface area (Å²) in [7, 11) is 0. The number of ether oxygens (including phenoxy) is 1. The number of anilines is 2. The van der Waals surface area contributed by atoms with Crippen LogP contribution in [0.5, 0.6) is 5.75 Å². The fourth-order valence-corrected chi connectivity index (χ4v) is 2.55. The van der Waals surface area contributed by atoms with Crippen molar-refractivity contribution in [1.82, 2.24) is 10.2 Å². The third-order valence-corrected chi connectivity index (χ3v) is 3.99. The lowest BCUT2D eigenvalue weighted by atomic mass is 10.1. The van der Waals surface area contributed by atoms with E-state index in [1.165, 1.54) is 0 Å². The molecule has 1 aliphatic rings. The van der Waals surface area contributed by atoms with Crippen molar-refractivity contribution >= 4 is 23.1 Å². The van der Waals surface area contributed by atoms with Crippen LogP contribution in [-0.2, 0) is 0 Å². The molecule has 3 rings (SSSR count). The van der Waals surface area contributed by atoms with Crippen LogP contribution < -0.4 is 9.64 Å². The Hall–Kier alpha value is -1.81. The summed E-state index contributed by atoms with van der Waals surface area (Å²) in [5.74, 6) is 1.74. The maximum absolute atomic E-state index is 6.04. The molecule has 0 spiro atoms. The largest absolute Gasteiger partial charge is 0.491 e. The normalized spacial score (nSPS) is 14.4. The molecule has 0 amide bonds. The second-order valence-electron chi connectivity index (χ2n) is 4.89. The van der Waals surface area contributed by atoms with Gasteiger partial charge in [-0.1, -0.05) is 23.7 Å². The van der Waals surface area contributed by atoms with E-state index in [-0.39, 0.29) is 0 Å². The highest BCUT2D eigenvalue weighted by molar-refractivity contribution is 6.30. The number of nitrogens with zero attached hydrogens (tertiary/aromatic N) is 3. The summed E-state index contributed by atoms with van der Waals surface area (Å²) >= 11 is 6.04. The van der Waals surface area contributed by atoms with Gasteiger partial charge in [0.1, 0.15) is 5.75 Å². The van der Waals surface area contributed by atoms with Crippen LogP contribution in [0.3, 0.4) is 0 Å². The zero-order valence-electron chi connectivity index (χ0n) is 11.6. The van der Waals surface area contributed by atoms with Gasteiger partial charge in [0.25, 0.3) is 0 Å². The lowest BCUT2D eigenvalue weighted by molar-refractivity contribution is 0.322. The van der Waals surface area contributed by atoms with Gasteiger partial charge in [0.05, 0.1) is 12.3 Å². The van der Waals surface area contributed by atoms with E-state index in [0.717, 1.165) is 41.3 Å². The topological polar surface area (TPSA) is 38.2 Å². The van der Waals surface area contributed by atoms with E-state index in [4.69, 9.17) is 16.3 Å². The van der Waals surface area contributed by atoms with Crippen LogP contribution >= 0.6 is 11.6 Å². The van der Waals surface area contributed by atoms with Crippen molar-refractivity contribution in [2.75, 3.05) is 18.1 Å². The molecule has 20 heavy (non-hydrogen) atoms. The molecule has 0 unspecified atom stereocenters. The summed E-state index contributed by atoms with van der Waals surface area (Å²) in [6.07, 6.45) is 0.942. The first-order valence-corrected chi connectivity index (χ1v) is 7.05. The Bertz CT molecular complexity index is 645. The highest BCUT2D eigenvalue weighted by Crippen LogP contribution is 2.37. The minimum Gasteiger partial charge on any atom is -0.491 e. The molecule has 0 radical (unpaired) electrons. The smallest absolute Gasteiger partial charge is 0.159 e. The van der Waals surface area contributed by atoms with Crippen LogP contribution in [-0.4, -0.2) is 23.3 Å². The average molecular weight is 290 g/mol. The number of para-hydroxylation sites is 2. The maximum Gasteiger partial charge on any atom is 0.159 e.